The summed E-state index contributed by atoms with van der Waals surface area (Å²) in [5.74, 6) is 1.44. The maximum atomic E-state index is 14.6. The van der Waals surface area contributed by atoms with Crippen LogP contribution in [0.3, 0.4) is 0 Å². The first-order valence-corrected chi connectivity index (χ1v) is 17.1. The smallest absolute Gasteiger partial charge is 0.370 e. The molecule has 3 aliphatic rings. The van der Waals surface area contributed by atoms with E-state index in [1.165, 1.54) is 23.8 Å². The van der Waals surface area contributed by atoms with Crippen molar-refractivity contribution in [3.63, 3.8) is 0 Å². The second-order valence-corrected chi connectivity index (χ2v) is 13.9. The summed E-state index contributed by atoms with van der Waals surface area (Å²) in [6.07, 6.45) is 0.299. The van der Waals surface area contributed by atoms with Gasteiger partial charge in [0.1, 0.15) is 18.0 Å². The number of carbonyl (C=O) groups is 1. The van der Waals surface area contributed by atoms with Crippen LogP contribution in [0.2, 0.25) is 0 Å². The van der Waals surface area contributed by atoms with Crippen molar-refractivity contribution < 1.29 is 18.0 Å². The molecular weight excluding hydrogens is 643 g/mol. The fraction of sp³-hybridized carbons (Fsp3) is 0.432. The maximum absolute atomic E-state index is 14.6. The summed E-state index contributed by atoms with van der Waals surface area (Å²) in [5.41, 5.74) is 2.12. The van der Waals surface area contributed by atoms with Crippen molar-refractivity contribution >= 4 is 17.5 Å². The van der Waals surface area contributed by atoms with E-state index in [2.05, 4.69) is 45.2 Å². The molecule has 7 rings (SSSR count). The summed E-state index contributed by atoms with van der Waals surface area (Å²) in [6.45, 7) is 8.19. The minimum atomic E-state index is -4.64. The Bertz CT molecular complexity index is 1950. The first-order valence-electron chi connectivity index (χ1n) is 17.1. The van der Waals surface area contributed by atoms with Gasteiger partial charge in [0, 0.05) is 63.5 Å². The van der Waals surface area contributed by atoms with Crippen molar-refractivity contribution in [2.75, 3.05) is 42.9 Å². The number of pyridine rings is 1. The molecule has 2 aromatic carbocycles. The number of piperazine rings is 1. The number of hydrogen-bond acceptors (Lipinski definition) is 8. The lowest BCUT2D eigenvalue weighted by molar-refractivity contribution is -0.138. The summed E-state index contributed by atoms with van der Waals surface area (Å²) in [7, 11) is 1.82. The number of carbonyl (C=O) groups excluding carboxylic acids is 1. The molecule has 0 atom stereocenters. The molecule has 10 nitrogen and oxygen atoms in total. The van der Waals surface area contributed by atoms with Gasteiger partial charge in [-0.15, -0.1) is 10.2 Å². The normalized spacial score (nSPS) is 17.0. The second kappa shape index (κ2) is 13.5. The van der Waals surface area contributed by atoms with Crippen molar-refractivity contribution in [2.45, 2.75) is 58.4 Å². The average Bonchev–Trinajstić information content (AvgIpc) is 3.73. The van der Waals surface area contributed by atoms with Crippen LogP contribution in [0.1, 0.15) is 65.7 Å². The van der Waals surface area contributed by atoms with E-state index >= 15 is 0 Å². The van der Waals surface area contributed by atoms with E-state index in [4.69, 9.17) is 4.98 Å². The Morgan fingerprint density at radius 1 is 1.02 bits per heavy atom. The van der Waals surface area contributed by atoms with E-state index in [-0.39, 0.29) is 23.5 Å². The third-order valence-electron chi connectivity index (χ3n) is 10.0. The standard InChI is InChI=1S/C37H40F3N9O/c1-23(2)48-12-10-47(11-13-48)20-26-15-30-31(32(16-26)37(38,39)40)21-49(36(30)50)34-18-27(17-33(44-34)42-9-8-24-4-5-24)29-14-25(19-41)6-7-28(29)35-45-43-22-46(35)3/h6-7,14-18,22-24H,4-5,8-13,20-21H2,1-3H3,(H,42,44). The van der Waals surface area contributed by atoms with Gasteiger partial charge in [-0.25, -0.2) is 4.98 Å². The van der Waals surface area contributed by atoms with Gasteiger partial charge in [-0.1, -0.05) is 12.8 Å². The Hall–Kier alpha value is -4.80. The highest BCUT2D eigenvalue weighted by Gasteiger charge is 2.41. The van der Waals surface area contributed by atoms with Gasteiger partial charge in [0.25, 0.3) is 5.91 Å². The first-order chi connectivity index (χ1) is 24.0. The van der Waals surface area contributed by atoms with Gasteiger partial charge in [-0.3, -0.25) is 19.5 Å². The largest absolute Gasteiger partial charge is 0.416 e. The summed E-state index contributed by atoms with van der Waals surface area (Å²) < 4.78 is 45.6. The zero-order valence-corrected chi connectivity index (χ0v) is 28.5. The lowest BCUT2D eigenvalue weighted by Gasteiger charge is -2.37. The molecule has 0 spiro atoms. The monoisotopic (exact) mass is 683 g/mol. The van der Waals surface area contributed by atoms with Crippen LogP contribution in [0.25, 0.3) is 22.5 Å². The molecule has 260 valence electrons. The number of aromatic nitrogens is 4. The van der Waals surface area contributed by atoms with Crippen molar-refractivity contribution in [3.8, 4) is 28.6 Å². The van der Waals surface area contributed by atoms with Crippen LogP contribution in [0.5, 0.6) is 0 Å². The molecule has 1 aliphatic carbocycles. The topological polar surface area (TPSA) is 106 Å². The SMILES string of the molecule is CC(C)N1CCN(Cc2cc3c(c(C(F)(F)F)c2)CN(c2cc(-c4cc(C#N)ccc4-c4nncn4C)cc(NCCC4CC4)n2)C3=O)CC1. The molecule has 4 heterocycles. The van der Waals surface area contributed by atoms with Gasteiger partial charge in [0.2, 0.25) is 0 Å². The first kappa shape index (κ1) is 33.7. The predicted molar refractivity (Wildman–Crippen MR) is 184 cm³/mol. The molecular formula is C37H40F3N9O. The highest BCUT2D eigenvalue weighted by Crippen LogP contribution is 2.41. The van der Waals surface area contributed by atoms with E-state index in [0.29, 0.717) is 64.5 Å². The Morgan fingerprint density at radius 3 is 2.46 bits per heavy atom. The number of fused-ring (bicyclic) bond motifs is 1. The quantitative estimate of drug-likeness (QED) is 0.207. The van der Waals surface area contributed by atoms with E-state index in [1.54, 1.807) is 41.2 Å². The number of nitrogens with one attached hydrogen (secondary N) is 1. The Morgan fingerprint density at radius 2 is 1.80 bits per heavy atom. The van der Waals surface area contributed by atoms with E-state index in [9.17, 15) is 23.2 Å². The third-order valence-corrected chi connectivity index (χ3v) is 10.0. The van der Waals surface area contributed by atoms with Crippen molar-refractivity contribution in [3.05, 3.63) is 76.6 Å². The number of alkyl halides is 3. The molecule has 1 saturated heterocycles. The molecule has 2 aromatic heterocycles. The van der Waals surface area contributed by atoms with Crippen LogP contribution in [0, 0.1) is 17.2 Å². The number of amides is 1. The number of hydrogen-bond donors (Lipinski definition) is 1. The highest BCUT2D eigenvalue weighted by molar-refractivity contribution is 6.10. The van der Waals surface area contributed by atoms with Crippen LogP contribution in [0.15, 0.2) is 48.8 Å². The van der Waals surface area contributed by atoms with Crippen LogP contribution in [-0.2, 0) is 26.3 Å². The fourth-order valence-corrected chi connectivity index (χ4v) is 6.98. The highest BCUT2D eigenvalue weighted by atomic mass is 19.4. The number of aryl methyl sites for hydroxylation is 1. The maximum Gasteiger partial charge on any atom is 0.416 e. The number of anilines is 2. The molecule has 2 aliphatic heterocycles. The molecule has 50 heavy (non-hydrogen) atoms. The zero-order valence-electron chi connectivity index (χ0n) is 28.5. The Labute approximate surface area is 289 Å². The van der Waals surface area contributed by atoms with Crippen LogP contribution < -0.4 is 10.2 Å². The van der Waals surface area contributed by atoms with Gasteiger partial charge < -0.3 is 9.88 Å². The van der Waals surface area contributed by atoms with Crippen LogP contribution in [-0.4, -0.2) is 74.2 Å². The van der Waals surface area contributed by atoms with Crippen molar-refractivity contribution in [1.29, 1.82) is 5.26 Å². The molecule has 1 N–H and O–H groups in total. The second-order valence-electron chi connectivity index (χ2n) is 13.9. The molecule has 2 fully saturated rings. The Kier molecular flexibility index (Phi) is 9.09. The zero-order chi connectivity index (χ0) is 35.2. The van der Waals surface area contributed by atoms with E-state index in [1.807, 2.05) is 13.1 Å². The number of rotatable bonds is 10. The summed E-state index contributed by atoms with van der Waals surface area (Å²) in [5, 5.41) is 21.5. The molecule has 0 radical (unpaired) electrons. The average molecular weight is 684 g/mol. The number of halogens is 3. The van der Waals surface area contributed by atoms with Gasteiger partial charge >= 0.3 is 6.18 Å². The molecule has 4 aromatic rings. The van der Waals surface area contributed by atoms with E-state index in [0.717, 1.165) is 32.6 Å². The number of nitrogens with zero attached hydrogens (tertiary/aromatic N) is 8. The summed E-state index contributed by atoms with van der Waals surface area (Å²) in [4.78, 5) is 24.7. The molecule has 13 heteroatoms. The molecule has 1 saturated carbocycles. The number of nitriles is 1. The third kappa shape index (κ3) is 6.95. The van der Waals surface area contributed by atoms with Gasteiger partial charge in [-0.2, -0.15) is 18.4 Å². The van der Waals surface area contributed by atoms with Gasteiger partial charge in [-0.05, 0) is 90.9 Å². The van der Waals surface area contributed by atoms with Gasteiger partial charge in [0.15, 0.2) is 5.82 Å². The lowest BCUT2D eigenvalue weighted by Crippen LogP contribution is -2.48. The Balaban J connectivity index is 1.26. The predicted octanol–water partition coefficient (Wildman–Crippen LogP) is 6.33. The fourth-order valence-electron chi connectivity index (χ4n) is 6.98. The van der Waals surface area contributed by atoms with Crippen LogP contribution in [0.4, 0.5) is 24.8 Å². The minimum Gasteiger partial charge on any atom is -0.370 e. The molecule has 0 unspecified atom stereocenters. The van der Waals surface area contributed by atoms with Crippen molar-refractivity contribution in [1.82, 2.24) is 29.5 Å². The van der Waals surface area contributed by atoms with Gasteiger partial charge in [0.05, 0.1) is 23.7 Å². The van der Waals surface area contributed by atoms with E-state index < -0.39 is 17.6 Å². The van der Waals surface area contributed by atoms with Crippen molar-refractivity contribution in [2.24, 2.45) is 13.0 Å². The molecule has 1 amide bonds. The van der Waals surface area contributed by atoms with Crippen LogP contribution >= 0.6 is 0 Å². The molecule has 0 bridgehead atoms. The number of benzene rings is 2. The summed E-state index contributed by atoms with van der Waals surface area (Å²) in [6, 6.07) is 14.2. The minimum absolute atomic E-state index is 0.0439. The lowest BCUT2D eigenvalue weighted by atomic mass is 9.97. The summed E-state index contributed by atoms with van der Waals surface area (Å²) >= 11 is 0.